The SMILES string of the molecule is CC\C=C/C=C\C=C/C=C\CCCCCCCC(=O)OCC(COC(=O)C/C=C\C/C=C\C/C=C\CC)OC(=O)CCCCCCCC/C=C\C=C/CCCCC. The van der Waals surface area contributed by atoms with Crippen molar-refractivity contribution in [2.75, 3.05) is 13.2 Å². The van der Waals surface area contributed by atoms with Gasteiger partial charge in [0.25, 0.3) is 0 Å². The van der Waals surface area contributed by atoms with Crippen molar-refractivity contribution >= 4 is 17.9 Å². The predicted molar refractivity (Wildman–Crippen MR) is 242 cm³/mol. The van der Waals surface area contributed by atoms with Gasteiger partial charge in [0.05, 0.1) is 6.42 Å². The molecule has 1 unspecified atom stereocenters. The van der Waals surface area contributed by atoms with Crippen LogP contribution in [0.1, 0.15) is 175 Å². The van der Waals surface area contributed by atoms with Gasteiger partial charge in [-0.15, -0.1) is 0 Å². The van der Waals surface area contributed by atoms with Crippen LogP contribution in [-0.2, 0) is 28.6 Å². The van der Waals surface area contributed by atoms with Crippen molar-refractivity contribution < 1.29 is 28.6 Å². The number of carbonyl (C=O) groups excluding carboxylic acids is 3. The number of carbonyl (C=O) groups is 3. The molecular formula is C51H80O6. The maximum Gasteiger partial charge on any atom is 0.309 e. The lowest BCUT2D eigenvalue weighted by atomic mass is 10.1. The van der Waals surface area contributed by atoms with E-state index in [9.17, 15) is 14.4 Å². The van der Waals surface area contributed by atoms with Crippen molar-refractivity contribution in [2.45, 2.75) is 181 Å². The second-order valence-corrected chi connectivity index (χ2v) is 14.3. The molecule has 0 bridgehead atoms. The second kappa shape index (κ2) is 44.8. The number of hydrogen-bond donors (Lipinski definition) is 0. The highest BCUT2D eigenvalue weighted by molar-refractivity contribution is 5.72. The molecule has 320 valence electrons. The Kier molecular flexibility index (Phi) is 41.7. The Balaban J connectivity index is 4.51. The van der Waals surface area contributed by atoms with E-state index in [1.165, 1.54) is 32.1 Å². The minimum Gasteiger partial charge on any atom is -0.462 e. The molecule has 57 heavy (non-hydrogen) atoms. The number of allylic oxidation sites excluding steroid dienone is 17. The van der Waals surface area contributed by atoms with E-state index in [1.54, 1.807) is 6.08 Å². The van der Waals surface area contributed by atoms with Crippen LogP contribution < -0.4 is 0 Å². The van der Waals surface area contributed by atoms with Crippen LogP contribution in [0.25, 0.3) is 0 Å². The fourth-order valence-corrected chi connectivity index (χ4v) is 5.56. The Morgan fingerprint density at radius 1 is 0.404 bits per heavy atom. The minimum atomic E-state index is -0.829. The van der Waals surface area contributed by atoms with Crippen LogP contribution in [0.15, 0.2) is 109 Å². The molecule has 0 aliphatic rings. The van der Waals surface area contributed by atoms with Gasteiger partial charge in [-0.3, -0.25) is 14.4 Å². The molecule has 6 nitrogen and oxygen atoms in total. The topological polar surface area (TPSA) is 78.9 Å². The lowest BCUT2D eigenvalue weighted by molar-refractivity contribution is -0.166. The zero-order valence-electron chi connectivity index (χ0n) is 36.3. The monoisotopic (exact) mass is 789 g/mol. The zero-order chi connectivity index (χ0) is 41.5. The van der Waals surface area contributed by atoms with Crippen LogP contribution >= 0.6 is 0 Å². The van der Waals surface area contributed by atoms with Gasteiger partial charge in [-0.1, -0.05) is 188 Å². The maximum absolute atomic E-state index is 12.7. The van der Waals surface area contributed by atoms with E-state index in [1.807, 2.05) is 30.4 Å². The number of hydrogen-bond acceptors (Lipinski definition) is 6. The van der Waals surface area contributed by atoms with Crippen LogP contribution in [-0.4, -0.2) is 37.2 Å². The van der Waals surface area contributed by atoms with Gasteiger partial charge in [0.15, 0.2) is 6.10 Å². The van der Waals surface area contributed by atoms with Crippen LogP contribution in [0, 0.1) is 0 Å². The van der Waals surface area contributed by atoms with Gasteiger partial charge in [-0.05, 0) is 77.0 Å². The third kappa shape index (κ3) is 43.0. The third-order valence-corrected chi connectivity index (χ3v) is 8.90. The molecule has 0 rings (SSSR count). The highest BCUT2D eigenvalue weighted by atomic mass is 16.6. The van der Waals surface area contributed by atoms with Crippen molar-refractivity contribution in [3.05, 3.63) is 109 Å². The molecule has 0 saturated heterocycles. The van der Waals surface area contributed by atoms with Crippen LogP contribution in [0.2, 0.25) is 0 Å². The van der Waals surface area contributed by atoms with E-state index in [0.717, 1.165) is 103 Å². The van der Waals surface area contributed by atoms with Gasteiger partial charge >= 0.3 is 17.9 Å². The van der Waals surface area contributed by atoms with Gasteiger partial charge in [0, 0.05) is 12.8 Å². The van der Waals surface area contributed by atoms with Gasteiger partial charge in [-0.2, -0.15) is 0 Å². The highest BCUT2D eigenvalue weighted by Gasteiger charge is 2.19. The van der Waals surface area contributed by atoms with Crippen molar-refractivity contribution in [3.8, 4) is 0 Å². The molecule has 0 aliphatic heterocycles. The first-order chi connectivity index (χ1) is 28.0. The largest absolute Gasteiger partial charge is 0.462 e. The fraction of sp³-hybridized carbons (Fsp3) is 0.588. The van der Waals surface area contributed by atoms with Crippen LogP contribution in [0.5, 0.6) is 0 Å². The molecule has 0 aliphatic carbocycles. The number of esters is 3. The molecular weight excluding hydrogens is 709 g/mol. The van der Waals surface area contributed by atoms with Crippen molar-refractivity contribution in [1.82, 2.24) is 0 Å². The van der Waals surface area contributed by atoms with Crippen molar-refractivity contribution in [3.63, 3.8) is 0 Å². The average molecular weight is 789 g/mol. The Morgan fingerprint density at radius 2 is 0.825 bits per heavy atom. The van der Waals surface area contributed by atoms with Gasteiger partial charge in [0.1, 0.15) is 13.2 Å². The van der Waals surface area contributed by atoms with E-state index in [2.05, 4.69) is 93.7 Å². The first-order valence-electron chi connectivity index (χ1n) is 22.5. The molecule has 0 saturated carbocycles. The summed E-state index contributed by atoms with van der Waals surface area (Å²) in [5.41, 5.74) is 0. The molecule has 0 amide bonds. The molecule has 0 spiro atoms. The van der Waals surface area contributed by atoms with E-state index in [0.29, 0.717) is 6.42 Å². The average Bonchev–Trinajstić information content (AvgIpc) is 3.21. The van der Waals surface area contributed by atoms with Crippen molar-refractivity contribution in [1.29, 1.82) is 0 Å². The van der Waals surface area contributed by atoms with Crippen molar-refractivity contribution in [2.24, 2.45) is 0 Å². The Bertz CT molecular complexity index is 1230. The molecule has 0 aromatic carbocycles. The molecule has 0 radical (unpaired) electrons. The molecule has 0 fully saturated rings. The number of rotatable bonds is 38. The fourth-order valence-electron chi connectivity index (χ4n) is 5.56. The van der Waals surface area contributed by atoms with E-state index in [-0.39, 0.29) is 38.0 Å². The quantitative estimate of drug-likeness (QED) is 0.0204. The Hall–Kier alpha value is -3.93. The zero-order valence-corrected chi connectivity index (χ0v) is 36.3. The van der Waals surface area contributed by atoms with Gasteiger partial charge < -0.3 is 14.2 Å². The van der Waals surface area contributed by atoms with Gasteiger partial charge in [-0.25, -0.2) is 0 Å². The molecule has 0 aromatic rings. The maximum atomic E-state index is 12.7. The lowest BCUT2D eigenvalue weighted by Gasteiger charge is -2.18. The summed E-state index contributed by atoms with van der Waals surface area (Å²) in [5.74, 6) is -1.10. The molecule has 0 N–H and O–H groups in total. The number of unbranched alkanes of at least 4 members (excludes halogenated alkanes) is 14. The normalized spacial score (nSPS) is 13.1. The smallest absolute Gasteiger partial charge is 0.309 e. The summed E-state index contributed by atoms with van der Waals surface area (Å²) in [4.78, 5) is 37.6. The minimum absolute atomic E-state index is 0.124. The van der Waals surface area contributed by atoms with Gasteiger partial charge in [0.2, 0.25) is 0 Å². The van der Waals surface area contributed by atoms with Crippen LogP contribution in [0.3, 0.4) is 0 Å². The molecule has 0 heterocycles. The summed E-state index contributed by atoms with van der Waals surface area (Å²) >= 11 is 0. The first-order valence-corrected chi connectivity index (χ1v) is 22.5. The summed E-state index contributed by atoms with van der Waals surface area (Å²) in [6, 6.07) is 0. The second-order valence-electron chi connectivity index (χ2n) is 14.3. The van der Waals surface area contributed by atoms with E-state index in [4.69, 9.17) is 14.2 Å². The summed E-state index contributed by atoms with van der Waals surface area (Å²) in [5, 5.41) is 0. The van der Waals surface area contributed by atoms with Crippen LogP contribution in [0.4, 0.5) is 0 Å². The summed E-state index contributed by atoms with van der Waals surface area (Å²) in [6.07, 6.45) is 59.6. The number of ether oxygens (including phenoxy) is 3. The molecule has 6 heteroatoms. The van der Waals surface area contributed by atoms with E-state index >= 15 is 0 Å². The van der Waals surface area contributed by atoms with E-state index < -0.39 is 12.1 Å². The Labute approximate surface area is 349 Å². The lowest BCUT2D eigenvalue weighted by Crippen LogP contribution is -2.30. The summed E-state index contributed by atoms with van der Waals surface area (Å²) in [6.45, 7) is 6.19. The summed E-state index contributed by atoms with van der Waals surface area (Å²) in [7, 11) is 0. The summed E-state index contributed by atoms with van der Waals surface area (Å²) < 4.78 is 16.5. The Morgan fingerprint density at radius 3 is 1.39 bits per heavy atom. The first kappa shape index (κ1) is 53.1. The highest BCUT2D eigenvalue weighted by Crippen LogP contribution is 2.12. The molecule has 0 aromatic heterocycles. The third-order valence-electron chi connectivity index (χ3n) is 8.90. The standard InChI is InChI=1S/C51H80O6/c1-4-7-10-13-16-19-21-23-25-27-29-32-35-38-41-44-50(53)56-47-48(46-55-49(52)43-40-37-34-31-18-15-12-9-6-3)57-51(54)45-42-39-36-33-30-28-26-24-22-20-17-14-11-8-5-2/h7,9-10,12-13,16-25,31,37,40,48H,4-6,8,11,14-15,26-30,32-36,38-39,41-47H2,1-3H3/b10-7-,12-9-,16-13-,20-17-,21-19-,24-22-,25-23-,31-18-,40-37-. The predicted octanol–water partition coefficient (Wildman–Crippen LogP) is 14.4. The molecule has 1 atom stereocenters.